The van der Waals surface area contributed by atoms with Gasteiger partial charge in [-0.05, 0) is 25.6 Å². The molecule has 11 heavy (non-hydrogen) atoms. The van der Waals surface area contributed by atoms with E-state index in [1.165, 1.54) is 0 Å². The molecule has 4 heteroatoms. The number of hydrazone groups is 1. The van der Waals surface area contributed by atoms with E-state index in [2.05, 4.69) is 17.5 Å². The van der Waals surface area contributed by atoms with Crippen molar-refractivity contribution in [3.63, 3.8) is 0 Å². The second-order valence-electron chi connectivity index (χ2n) is 2.54. The Morgan fingerprint density at radius 3 is 2.82 bits per heavy atom. The molecular formula is C7H17N3S. The van der Waals surface area contributed by atoms with Crippen LogP contribution < -0.4 is 11.2 Å². The molecule has 0 saturated heterocycles. The zero-order chi connectivity index (χ0) is 8.69. The zero-order valence-electron chi connectivity index (χ0n) is 7.42. The van der Waals surface area contributed by atoms with E-state index in [0.29, 0.717) is 12.5 Å². The maximum absolute atomic E-state index is 5.43. The SMILES string of the molecule is CS/C(C)=N/NCC(C)CN. The van der Waals surface area contributed by atoms with Crippen LogP contribution in [-0.4, -0.2) is 24.4 Å². The van der Waals surface area contributed by atoms with E-state index < -0.39 is 0 Å². The highest BCUT2D eigenvalue weighted by Gasteiger charge is 1.95. The van der Waals surface area contributed by atoms with Crippen molar-refractivity contribution in [3.8, 4) is 0 Å². The summed E-state index contributed by atoms with van der Waals surface area (Å²) in [7, 11) is 0. The second-order valence-corrected chi connectivity index (χ2v) is 3.54. The second kappa shape index (κ2) is 6.49. The van der Waals surface area contributed by atoms with Crippen LogP contribution in [0.5, 0.6) is 0 Å². The molecule has 0 radical (unpaired) electrons. The Hall–Kier alpha value is -0.220. The van der Waals surface area contributed by atoms with Gasteiger partial charge in [-0.15, -0.1) is 11.8 Å². The summed E-state index contributed by atoms with van der Waals surface area (Å²) in [6, 6.07) is 0. The molecule has 0 aromatic carbocycles. The number of hydrogen-bond acceptors (Lipinski definition) is 4. The Morgan fingerprint density at radius 2 is 2.36 bits per heavy atom. The summed E-state index contributed by atoms with van der Waals surface area (Å²) in [6.07, 6.45) is 2.01. The van der Waals surface area contributed by atoms with Crippen LogP contribution in [0.3, 0.4) is 0 Å². The van der Waals surface area contributed by atoms with Crippen molar-refractivity contribution in [2.45, 2.75) is 13.8 Å². The van der Waals surface area contributed by atoms with Gasteiger partial charge in [0.2, 0.25) is 0 Å². The van der Waals surface area contributed by atoms with E-state index in [4.69, 9.17) is 5.73 Å². The predicted molar refractivity (Wildman–Crippen MR) is 52.8 cm³/mol. The summed E-state index contributed by atoms with van der Waals surface area (Å²) in [4.78, 5) is 0. The van der Waals surface area contributed by atoms with E-state index in [0.717, 1.165) is 11.6 Å². The largest absolute Gasteiger partial charge is 0.330 e. The van der Waals surface area contributed by atoms with Crippen LogP contribution >= 0.6 is 11.8 Å². The highest BCUT2D eigenvalue weighted by atomic mass is 32.2. The van der Waals surface area contributed by atoms with Gasteiger partial charge in [0.1, 0.15) is 0 Å². The fourth-order valence-corrected chi connectivity index (χ4v) is 0.598. The average Bonchev–Trinajstić information content (AvgIpc) is 2.04. The molecule has 0 heterocycles. The Labute approximate surface area is 72.8 Å². The van der Waals surface area contributed by atoms with Crippen LogP contribution in [0.1, 0.15) is 13.8 Å². The monoisotopic (exact) mass is 175 g/mol. The van der Waals surface area contributed by atoms with Crippen molar-refractivity contribution in [2.24, 2.45) is 16.8 Å². The Morgan fingerprint density at radius 1 is 1.73 bits per heavy atom. The molecule has 0 aromatic rings. The Balaban J connectivity index is 3.39. The quantitative estimate of drug-likeness (QED) is 0.379. The van der Waals surface area contributed by atoms with Crippen LogP contribution in [0.2, 0.25) is 0 Å². The highest BCUT2D eigenvalue weighted by molar-refractivity contribution is 8.13. The molecule has 0 saturated carbocycles. The average molecular weight is 175 g/mol. The topological polar surface area (TPSA) is 50.4 Å². The summed E-state index contributed by atoms with van der Waals surface area (Å²) in [6.45, 7) is 5.64. The number of hydrogen-bond donors (Lipinski definition) is 2. The van der Waals surface area contributed by atoms with Gasteiger partial charge < -0.3 is 11.2 Å². The van der Waals surface area contributed by atoms with Crippen LogP contribution in [0.25, 0.3) is 0 Å². The van der Waals surface area contributed by atoms with Crippen LogP contribution in [0, 0.1) is 5.92 Å². The van der Waals surface area contributed by atoms with Gasteiger partial charge in [0.05, 0.1) is 5.04 Å². The Kier molecular flexibility index (Phi) is 6.36. The Bertz CT molecular complexity index is 125. The highest BCUT2D eigenvalue weighted by Crippen LogP contribution is 1.94. The first-order chi connectivity index (χ1) is 5.20. The minimum atomic E-state index is 0.494. The summed E-state index contributed by atoms with van der Waals surface area (Å²) in [5, 5.41) is 5.15. The molecule has 0 aliphatic heterocycles. The lowest BCUT2D eigenvalue weighted by atomic mass is 10.2. The summed E-state index contributed by atoms with van der Waals surface area (Å²) >= 11 is 1.64. The van der Waals surface area contributed by atoms with E-state index in [-0.39, 0.29) is 0 Å². The van der Waals surface area contributed by atoms with Gasteiger partial charge in [0, 0.05) is 6.54 Å². The lowest BCUT2D eigenvalue weighted by molar-refractivity contribution is 0.536. The molecule has 0 fully saturated rings. The normalized spacial score (nSPS) is 14.7. The molecule has 3 N–H and O–H groups in total. The van der Waals surface area contributed by atoms with Crippen LogP contribution in [0.15, 0.2) is 5.10 Å². The molecule has 3 nitrogen and oxygen atoms in total. The molecule has 0 spiro atoms. The molecule has 0 aliphatic carbocycles. The number of rotatable bonds is 4. The lowest BCUT2D eigenvalue weighted by Gasteiger charge is -2.06. The molecule has 0 aliphatic rings. The standard InChI is InChI=1S/C7H17N3S/c1-6(4-8)5-9-10-7(2)11-3/h6,9H,4-5,8H2,1-3H3/b10-7+. The first-order valence-corrected chi connectivity index (χ1v) is 4.94. The van der Waals surface area contributed by atoms with Crippen molar-refractivity contribution in [2.75, 3.05) is 19.3 Å². The molecule has 0 aromatic heterocycles. The van der Waals surface area contributed by atoms with Crippen LogP contribution in [0.4, 0.5) is 0 Å². The maximum Gasteiger partial charge on any atom is 0.0897 e. The fraction of sp³-hybridized carbons (Fsp3) is 0.857. The number of nitrogens with two attached hydrogens (primary N) is 1. The number of thioether (sulfide) groups is 1. The summed E-state index contributed by atoms with van der Waals surface area (Å²) in [5.41, 5.74) is 8.40. The van der Waals surface area contributed by atoms with Gasteiger partial charge in [-0.2, -0.15) is 5.10 Å². The third kappa shape index (κ3) is 6.19. The van der Waals surface area contributed by atoms with Gasteiger partial charge >= 0.3 is 0 Å². The van der Waals surface area contributed by atoms with Crippen molar-refractivity contribution in [1.82, 2.24) is 5.43 Å². The maximum atomic E-state index is 5.43. The summed E-state index contributed by atoms with van der Waals surface area (Å²) < 4.78 is 0. The van der Waals surface area contributed by atoms with Gasteiger partial charge in [-0.3, -0.25) is 0 Å². The molecule has 0 rings (SSSR count). The smallest absolute Gasteiger partial charge is 0.0897 e. The molecule has 1 unspecified atom stereocenters. The molecule has 66 valence electrons. The van der Waals surface area contributed by atoms with Gasteiger partial charge in [0.15, 0.2) is 0 Å². The van der Waals surface area contributed by atoms with Gasteiger partial charge in [-0.1, -0.05) is 6.92 Å². The summed E-state index contributed by atoms with van der Waals surface area (Å²) in [5.74, 6) is 0.494. The van der Waals surface area contributed by atoms with Crippen molar-refractivity contribution in [3.05, 3.63) is 0 Å². The predicted octanol–water partition coefficient (Wildman–Crippen LogP) is 0.867. The molecule has 0 bridgehead atoms. The number of nitrogens with zero attached hydrogens (tertiary/aromatic N) is 1. The van der Waals surface area contributed by atoms with E-state index in [1.54, 1.807) is 11.8 Å². The molecule has 0 amide bonds. The first-order valence-electron chi connectivity index (χ1n) is 3.72. The lowest BCUT2D eigenvalue weighted by Crippen LogP contribution is -2.23. The van der Waals surface area contributed by atoms with E-state index >= 15 is 0 Å². The third-order valence-corrected chi connectivity index (χ3v) is 2.06. The van der Waals surface area contributed by atoms with Crippen LogP contribution in [-0.2, 0) is 0 Å². The zero-order valence-corrected chi connectivity index (χ0v) is 8.24. The van der Waals surface area contributed by atoms with Crippen molar-refractivity contribution >= 4 is 16.8 Å². The van der Waals surface area contributed by atoms with Gasteiger partial charge in [0.25, 0.3) is 0 Å². The first kappa shape index (κ1) is 10.8. The molecule has 1 atom stereocenters. The van der Waals surface area contributed by atoms with Crippen molar-refractivity contribution in [1.29, 1.82) is 0 Å². The minimum absolute atomic E-state index is 0.494. The van der Waals surface area contributed by atoms with Gasteiger partial charge in [-0.25, -0.2) is 0 Å². The molecular weight excluding hydrogens is 158 g/mol. The number of nitrogens with one attached hydrogen (secondary N) is 1. The van der Waals surface area contributed by atoms with E-state index in [1.807, 2.05) is 13.2 Å². The third-order valence-electron chi connectivity index (χ3n) is 1.37. The van der Waals surface area contributed by atoms with Crippen molar-refractivity contribution < 1.29 is 0 Å². The fourth-order valence-electron chi connectivity index (χ4n) is 0.442. The minimum Gasteiger partial charge on any atom is -0.330 e. The van der Waals surface area contributed by atoms with E-state index in [9.17, 15) is 0 Å².